The van der Waals surface area contributed by atoms with Crippen LogP contribution in [0.2, 0.25) is 0 Å². The van der Waals surface area contributed by atoms with Gasteiger partial charge in [-0.05, 0) is 18.2 Å². The lowest BCUT2D eigenvalue weighted by Crippen LogP contribution is -2.32. The zero-order chi connectivity index (χ0) is 18.9. The Hall–Kier alpha value is -3.20. The molecule has 1 aromatic carbocycles. The summed E-state index contributed by atoms with van der Waals surface area (Å²) in [6.45, 7) is 1.78. The van der Waals surface area contributed by atoms with Gasteiger partial charge in [0, 0.05) is 19.2 Å². The quantitative estimate of drug-likeness (QED) is 0.647. The normalized spacial score (nSPS) is 11.7. The fourth-order valence-electron chi connectivity index (χ4n) is 2.24. The summed E-state index contributed by atoms with van der Waals surface area (Å²) in [7, 11) is 1.60. The second-order valence-electron chi connectivity index (χ2n) is 5.47. The van der Waals surface area contributed by atoms with E-state index in [4.69, 9.17) is 23.7 Å². The van der Waals surface area contributed by atoms with Crippen LogP contribution in [0, 0.1) is 0 Å². The Labute approximate surface area is 156 Å². The van der Waals surface area contributed by atoms with E-state index >= 15 is 0 Å². The van der Waals surface area contributed by atoms with E-state index in [2.05, 4.69) is 15.6 Å². The van der Waals surface area contributed by atoms with Crippen LogP contribution in [0.25, 0.3) is 0 Å². The molecule has 1 aliphatic heterocycles. The lowest BCUT2D eigenvalue weighted by atomic mass is 10.3. The average Bonchev–Trinajstić information content (AvgIpc) is 3.15. The number of rotatable bonds is 9. The fourth-order valence-corrected chi connectivity index (χ4v) is 2.24. The van der Waals surface area contributed by atoms with Gasteiger partial charge in [0.2, 0.25) is 12.7 Å². The molecule has 27 heavy (non-hydrogen) atoms. The molecule has 144 valence electrons. The van der Waals surface area contributed by atoms with Gasteiger partial charge in [-0.1, -0.05) is 0 Å². The molecule has 0 saturated carbocycles. The first-order valence-corrected chi connectivity index (χ1v) is 8.39. The molecule has 2 aromatic rings. The SMILES string of the molecule is COCCOc1ccc(NC(=O)NCCOc2ccc3c(c2)OCO3)cn1. The molecule has 0 atom stereocenters. The van der Waals surface area contributed by atoms with Gasteiger partial charge in [0.25, 0.3) is 0 Å². The van der Waals surface area contributed by atoms with Crippen molar-refractivity contribution in [3.8, 4) is 23.1 Å². The first-order chi connectivity index (χ1) is 13.2. The van der Waals surface area contributed by atoms with E-state index in [1.54, 1.807) is 37.4 Å². The predicted molar refractivity (Wildman–Crippen MR) is 96.7 cm³/mol. The number of pyridine rings is 1. The molecule has 0 radical (unpaired) electrons. The molecule has 0 aliphatic carbocycles. The summed E-state index contributed by atoms with van der Waals surface area (Å²) in [5.74, 6) is 2.47. The number of hydrogen-bond donors (Lipinski definition) is 2. The number of methoxy groups -OCH3 is 1. The van der Waals surface area contributed by atoms with E-state index in [1.165, 1.54) is 6.20 Å². The summed E-state index contributed by atoms with van der Waals surface area (Å²) in [6.07, 6.45) is 1.52. The van der Waals surface area contributed by atoms with Crippen LogP contribution in [0.15, 0.2) is 36.5 Å². The lowest BCUT2D eigenvalue weighted by Gasteiger charge is -2.10. The summed E-state index contributed by atoms with van der Waals surface area (Å²) in [4.78, 5) is 16.0. The molecule has 2 heterocycles. The minimum Gasteiger partial charge on any atom is -0.492 e. The summed E-state index contributed by atoms with van der Waals surface area (Å²) < 4.78 is 26.3. The van der Waals surface area contributed by atoms with Crippen LogP contribution in [-0.4, -0.2) is 51.3 Å². The minimum absolute atomic E-state index is 0.218. The number of urea groups is 1. The smallest absolute Gasteiger partial charge is 0.319 e. The van der Waals surface area contributed by atoms with Crippen molar-refractivity contribution in [2.75, 3.05) is 45.6 Å². The second-order valence-corrected chi connectivity index (χ2v) is 5.47. The molecule has 3 rings (SSSR count). The third-order valence-corrected chi connectivity index (χ3v) is 3.53. The molecule has 9 heteroatoms. The van der Waals surface area contributed by atoms with Crippen molar-refractivity contribution >= 4 is 11.7 Å². The number of fused-ring (bicyclic) bond motifs is 1. The van der Waals surface area contributed by atoms with Crippen molar-refractivity contribution in [1.29, 1.82) is 0 Å². The van der Waals surface area contributed by atoms with Crippen LogP contribution in [0.3, 0.4) is 0 Å². The Morgan fingerprint density at radius 1 is 1.11 bits per heavy atom. The van der Waals surface area contributed by atoms with Crippen LogP contribution in [0.4, 0.5) is 10.5 Å². The molecule has 0 saturated heterocycles. The highest BCUT2D eigenvalue weighted by atomic mass is 16.7. The van der Waals surface area contributed by atoms with Gasteiger partial charge in [-0.3, -0.25) is 0 Å². The number of aromatic nitrogens is 1. The molecular formula is C18H21N3O6. The van der Waals surface area contributed by atoms with Crippen molar-refractivity contribution in [3.05, 3.63) is 36.5 Å². The van der Waals surface area contributed by atoms with Gasteiger partial charge >= 0.3 is 6.03 Å². The van der Waals surface area contributed by atoms with Gasteiger partial charge in [-0.2, -0.15) is 0 Å². The van der Waals surface area contributed by atoms with E-state index < -0.39 is 0 Å². The monoisotopic (exact) mass is 375 g/mol. The predicted octanol–water partition coefficient (Wildman–Crippen LogP) is 2.04. The third-order valence-electron chi connectivity index (χ3n) is 3.53. The zero-order valence-corrected chi connectivity index (χ0v) is 14.9. The number of ether oxygens (including phenoxy) is 5. The molecule has 0 fully saturated rings. The van der Waals surface area contributed by atoms with Gasteiger partial charge in [-0.15, -0.1) is 0 Å². The van der Waals surface area contributed by atoms with Crippen molar-refractivity contribution in [3.63, 3.8) is 0 Å². The molecule has 0 spiro atoms. The molecule has 1 aromatic heterocycles. The second kappa shape index (κ2) is 9.48. The number of nitrogens with zero attached hydrogens (tertiary/aromatic N) is 1. The van der Waals surface area contributed by atoms with Crippen LogP contribution >= 0.6 is 0 Å². The Balaban J connectivity index is 1.34. The van der Waals surface area contributed by atoms with Crippen LogP contribution < -0.4 is 29.6 Å². The number of benzene rings is 1. The summed E-state index contributed by atoms with van der Waals surface area (Å²) in [5.41, 5.74) is 0.559. The van der Waals surface area contributed by atoms with Crippen LogP contribution in [0.1, 0.15) is 0 Å². The summed E-state index contributed by atoms with van der Waals surface area (Å²) in [5, 5.41) is 5.39. The third kappa shape index (κ3) is 5.65. The van der Waals surface area contributed by atoms with Crippen LogP contribution in [0.5, 0.6) is 23.1 Å². The maximum absolute atomic E-state index is 11.9. The molecule has 9 nitrogen and oxygen atoms in total. The largest absolute Gasteiger partial charge is 0.492 e. The van der Waals surface area contributed by atoms with Gasteiger partial charge in [0.05, 0.1) is 25.0 Å². The number of amides is 2. The van der Waals surface area contributed by atoms with Gasteiger partial charge in [0.1, 0.15) is 19.0 Å². The molecule has 0 bridgehead atoms. The molecule has 2 amide bonds. The lowest BCUT2D eigenvalue weighted by molar-refractivity contribution is 0.144. The summed E-state index contributed by atoms with van der Waals surface area (Å²) >= 11 is 0. The Kier molecular flexibility index (Phi) is 6.53. The van der Waals surface area contributed by atoms with E-state index in [-0.39, 0.29) is 12.8 Å². The zero-order valence-electron chi connectivity index (χ0n) is 14.9. The van der Waals surface area contributed by atoms with Crippen molar-refractivity contribution in [2.24, 2.45) is 0 Å². The van der Waals surface area contributed by atoms with Gasteiger partial charge in [-0.25, -0.2) is 9.78 Å². The highest BCUT2D eigenvalue weighted by Crippen LogP contribution is 2.34. The average molecular weight is 375 g/mol. The van der Waals surface area contributed by atoms with Crippen molar-refractivity contribution in [2.45, 2.75) is 0 Å². The Morgan fingerprint density at radius 2 is 2.00 bits per heavy atom. The number of nitrogens with one attached hydrogen (secondary N) is 2. The standard InChI is InChI=1S/C18H21N3O6/c1-23-8-9-25-17-5-2-13(11-20-17)21-18(22)19-6-7-24-14-3-4-15-16(10-14)27-12-26-15/h2-5,10-11H,6-9,12H2,1H3,(H2,19,21,22). The Morgan fingerprint density at radius 3 is 2.81 bits per heavy atom. The fraction of sp³-hybridized carbons (Fsp3) is 0.333. The van der Waals surface area contributed by atoms with Gasteiger partial charge in [0.15, 0.2) is 11.5 Å². The maximum Gasteiger partial charge on any atom is 0.319 e. The van der Waals surface area contributed by atoms with Crippen molar-refractivity contribution in [1.82, 2.24) is 10.3 Å². The highest BCUT2D eigenvalue weighted by molar-refractivity contribution is 5.88. The first-order valence-electron chi connectivity index (χ1n) is 8.39. The molecule has 2 N–H and O–H groups in total. The van der Waals surface area contributed by atoms with E-state index in [0.717, 1.165) is 0 Å². The highest BCUT2D eigenvalue weighted by Gasteiger charge is 2.13. The first kappa shape index (κ1) is 18.6. The number of hydrogen-bond acceptors (Lipinski definition) is 7. The van der Waals surface area contributed by atoms with Crippen molar-refractivity contribution < 1.29 is 28.5 Å². The van der Waals surface area contributed by atoms with E-state index in [1.807, 2.05) is 0 Å². The number of anilines is 1. The maximum atomic E-state index is 11.9. The molecule has 0 unspecified atom stereocenters. The topological polar surface area (TPSA) is 100 Å². The number of carbonyl (C=O) groups excluding carboxylic acids is 1. The minimum atomic E-state index is -0.348. The molecule has 1 aliphatic rings. The van der Waals surface area contributed by atoms with E-state index in [0.29, 0.717) is 55.2 Å². The number of carbonyl (C=O) groups is 1. The van der Waals surface area contributed by atoms with E-state index in [9.17, 15) is 4.79 Å². The van der Waals surface area contributed by atoms with Crippen LogP contribution in [-0.2, 0) is 4.74 Å². The summed E-state index contributed by atoms with van der Waals surface area (Å²) in [6, 6.07) is 8.36. The Bertz CT molecular complexity index is 753. The molecular weight excluding hydrogens is 354 g/mol. The van der Waals surface area contributed by atoms with Gasteiger partial charge < -0.3 is 34.3 Å².